The highest BCUT2D eigenvalue weighted by atomic mass is 32.2. The molecule has 0 amide bonds. The molecule has 0 radical (unpaired) electrons. The largest absolute Gasteiger partial charge is 0.341 e. The first-order valence-electron chi connectivity index (χ1n) is 8.44. The van der Waals surface area contributed by atoms with E-state index >= 15 is 0 Å². The number of benzene rings is 2. The maximum Gasteiger partial charge on any atom is 0.221 e. The van der Waals surface area contributed by atoms with Gasteiger partial charge in [-0.05, 0) is 11.1 Å². The summed E-state index contributed by atoms with van der Waals surface area (Å²) in [5.41, 5.74) is 2.73. The predicted molar refractivity (Wildman–Crippen MR) is 110 cm³/mol. The summed E-state index contributed by atoms with van der Waals surface area (Å²) < 4.78 is 0. The molecular formula is C21H16N2O2S2. The third-order valence-electron chi connectivity index (χ3n) is 4.15. The van der Waals surface area contributed by atoms with Crippen LogP contribution in [-0.2, 0) is 11.5 Å². The number of imidazole rings is 1. The number of thioether (sulfide) groups is 2. The normalized spacial score (nSPS) is 13.8. The highest BCUT2D eigenvalue weighted by Gasteiger charge is 2.35. The molecule has 134 valence electrons. The molecule has 3 aromatic rings. The van der Waals surface area contributed by atoms with Crippen LogP contribution in [0.4, 0.5) is 0 Å². The summed E-state index contributed by atoms with van der Waals surface area (Å²) in [6.07, 6.45) is 1.41. The lowest BCUT2D eigenvalue weighted by molar-refractivity contribution is 0.0983. The second kappa shape index (κ2) is 7.98. The smallest absolute Gasteiger partial charge is 0.221 e. The maximum atomic E-state index is 13.0. The van der Waals surface area contributed by atoms with Gasteiger partial charge >= 0.3 is 0 Å². The number of rotatable bonds is 6. The highest BCUT2D eigenvalue weighted by Crippen LogP contribution is 2.39. The Morgan fingerprint density at radius 2 is 1.26 bits per heavy atom. The maximum absolute atomic E-state index is 13.0. The molecule has 0 bridgehead atoms. The number of nitrogens with one attached hydrogen (secondary N) is 1. The number of Topliss-reactive ketones (excluding diaryl/α,β-unsaturated/α-hetero) is 2. The molecule has 1 heterocycles. The molecule has 0 aliphatic heterocycles. The van der Waals surface area contributed by atoms with Crippen molar-refractivity contribution in [1.29, 1.82) is 0 Å². The van der Waals surface area contributed by atoms with Crippen LogP contribution in [0.15, 0.2) is 76.8 Å². The van der Waals surface area contributed by atoms with Gasteiger partial charge in [0.25, 0.3) is 0 Å². The van der Waals surface area contributed by atoms with Gasteiger partial charge in [-0.15, -0.1) is 23.5 Å². The molecule has 1 N–H and O–H groups in total. The molecule has 1 aliphatic carbocycles. The fraction of sp³-hybridized carbons (Fsp3) is 0.0952. The van der Waals surface area contributed by atoms with Gasteiger partial charge in [-0.3, -0.25) is 9.59 Å². The number of carbonyl (C=O) groups excluding carboxylic acids is 2. The Morgan fingerprint density at radius 3 is 1.81 bits per heavy atom. The van der Waals surface area contributed by atoms with E-state index in [0.717, 1.165) is 11.1 Å². The Kier molecular flexibility index (Phi) is 5.27. The summed E-state index contributed by atoms with van der Waals surface area (Å²) in [5, 5.41) is 0. The number of hydrogen-bond donors (Lipinski definition) is 1. The van der Waals surface area contributed by atoms with Gasteiger partial charge in [-0.1, -0.05) is 60.7 Å². The van der Waals surface area contributed by atoms with Crippen molar-refractivity contribution in [3.63, 3.8) is 0 Å². The molecule has 27 heavy (non-hydrogen) atoms. The number of nitrogens with zero attached hydrogens (tertiary/aromatic N) is 1. The van der Waals surface area contributed by atoms with Gasteiger partial charge in [0, 0.05) is 11.5 Å². The van der Waals surface area contributed by atoms with E-state index < -0.39 is 0 Å². The van der Waals surface area contributed by atoms with Crippen LogP contribution in [0.1, 0.15) is 32.1 Å². The van der Waals surface area contributed by atoms with Crippen molar-refractivity contribution >= 4 is 35.1 Å². The molecule has 4 nitrogen and oxygen atoms in total. The lowest BCUT2D eigenvalue weighted by Gasteiger charge is -2.17. The van der Waals surface area contributed by atoms with Gasteiger partial charge in [0.1, 0.15) is 11.4 Å². The fourth-order valence-electron chi connectivity index (χ4n) is 2.79. The van der Waals surface area contributed by atoms with E-state index in [2.05, 4.69) is 9.97 Å². The van der Waals surface area contributed by atoms with E-state index in [1.165, 1.54) is 29.9 Å². The minimum absolute atomic E-state index is 0.154. The second-order valence-corrected chi connectivity index (χ2v) is 7.96. The van der Waals surface area contributed by atoms with E-state index in [0.29, 0.717) is 27.0 Å². The zero-order valence-electron chi connectivity index (χ0n) is 14.3. The summed E-state index contributed by atoms with van der Waals surface area (Å²) in [5.74, 6) is 0.930. The highest BCUT2D eigenvalue weighted by molar-refractivity contribution is 8.07. The van der Waals surface area contributed by atoms with Crippen LogP contribution in [0.2, 0.25) is 0 Å². The standard InChI is InChI=1S/C21H16N2O2S2/c24-18-16-17(23-13-22-16)19(25)21(27-12-15-9-5-2-6-10-15)20(18)26-11-14-7-3-1-4-8-14/h1-10,13H,11-12H2,(H,22,23). The van der Waals surface area contributed by atoms with Crippen LogP contribution in [-0.4, -0.2) is 21.5 Å². The quantitative estimate of drug-likeness (QED) is 0.649. The van der Waals surface area contributed by atoms with Gasteiger partial charge in [0.2, 0.25) is 11.6 Å². The van der Waals surface area contributed by atoms with Crippen molar-refractivity contribution in [2.24, 2.45) is 0 Å². The van der Waals surface area contributed by atoms with Crippen LogP contribution >= 0.6 is 23.5 Å². The van der Waals surface area contributed by atoms with Crippen LogP contribution in [0.25, 0.3) is 0 Å². The van der Waals surface area contributed by atoms with E-state index in [-0.39, 0.29) is 17.3 Å². The summed E-state index contributed by atoms with van der Waals surface area (Å²) in [7, 11) is 0. The van der Waals surface area contributed by atoms with Crippen LogP contribution in [0.5, 0.6) is 0 Å². The molecule has 1 aliphatic rings. The predicted octanol–water partition coefficient (Wildman–Crippen LogP) is 4.87. The summed E-state index contributed by atoms with van der Waals surface area (Å²) in [4.78, 5) is 33.8. The van der Waals surface area contributed by atoms with Gasteiger partial charge < -0.3 is 4.98 Å². The number of H-pyrrole nitrogens is 1. The Labute approximate surface area is 165 Å². The molecule has 0 saturated heterocycles. The van der Waals surface area contributed by atoms with Crippen LogP contribution < -0.4 is 0 Å². The van der Waals surface area contributed by atoms with Gasteiger partial charge in [0.15, 0.2) is 0 Å². The number of allylic oxidation sites excluding steroid dienone is 2. The minimum Gasteiger partial charge on any atom is -0.341 e. The summed E-state index contributed by atoms with van der Waals surface area (Å²) in [6, 6.07) is 19.8. The number of carbonyl (C=O) groups is 2. The lowest BCUT2D eigenvalue weighted by Crippen LogP contribution is -2.20. The lowest BCUT2D eigenvalue weighted by atomic mass is 10.1. The average molecular weight is 393 g/mol. The number of fused-ring (bicyclic) bond motifs is 1. The summed E-state index contributed by atoms with van der Waals surface area (Å²) >= 11 is 2.82. The number of hydrogen-bond acceptors (Lipinski definition) is 5. The Morgan fingerprint density at radius 1 is 0.741 bits per heavy atom. The van der Waals surface area contributed by atoms with Gasteiger partial charge in [-0.25, -0.2) is 4.98 Å². The first-order valence-corrected chi connectivity index (χ1v) is 10.4. The molecule has 0 saturated carbocycles. The molecule has 1 aromatic heterocycles. The van der Waals surface area contributed by atoms with Crippen molar-refractivity contribution in [3.05, 3.63) is 99.3 Å². The second-order valence-electron chi connectivity index (χ2n) is 5.99. The third kappa shape index (κ3) is 3.77. The van der Waals surface area contributed by atoms with E-state index in [1.54, 1.807) is 0 Å². The zero-order valence-corrected chi connectivity index (χ0v) is 16.0. The number of aromatic nitrogens is 2. The topological polar surface area (TPSA) is 62.8 Å². The van der Waals surface area contributed by atoms with E-state index in [4.69, 9.17) is 0 Å². The molecule has 0 unspecified atom stereocenters. The number of ketones is 2. The first kappa shape index (κ1) is 17.8. The molecule has 6 heteroatoms. The van der Waals surface area contributed by atoms with Crippen molar-refractivity contribution in [2.45, 2.75) is 11.5 Å². The van der Waals surface area contributed by atoms with Crippen molar-refractivity contribution in [1.82, 2.24) is 9.97 Å². The SMILES string of the molecule is O=C1C(SCc2ccccc2)=C(SCc2ccccc2)C(=O)c2[nH]cnc21. The number of aromatic amines is 1. The molecule has 2 aromatic carbocycles. The van der Waals surface area contributed by atoms with Crippen LogP contribution in [0.3, 0.4) is 0 Å². The molecule has 0 fully saturated rings. The molecular weight excluding hydrogens is 376 g/mol. The van der Waals surface area contributed by atoms with Gasteiger partial charge in [-0.2, -0.15) is 0 Å². The van der Waals surface area contributed by atoms with Gasteiger partial charge in [0.05, 0.1) is 16.1 Å². The summed E-state index contributed by atoms with van der Waals surface area (Å²) in [6.45, 7) is 0. The van der Waals surface area contributed by atoms with Crippen molar-refractivity contribution in [3.8, 4) is 0 Å². The van der Waals surface area contributed by atoms with E-state index in [1.807, 2.05) is 60.7 Å². The third-order valence-corrected chi connectivity index (χ3v) is 6.59. The van der Waals surface area contributed by atoms with Crippen LogP contribution in [0, 0.1) is 0 Å². The molecule has 4 rings (SSSR count). The molecule has 0 spiro atoms. The molecule has 0 atom stereocenters. The van der Waals surface area contributed by atoms with Crippen molar-refractivity contribution in [2.75, 3.05) is 0 Å². The Hall–Kier alpha value is -2.57. The Bertz CT molecular complexity index is 931. The monoisotopic (exact) mass is 392 g/mol. The first-order chi connectivity index (χ1) is 13.2. The van der Waals surface area contributed by atoms with E-state index in [9.17, 15) is 9.59 Å². The fourth-order valence-corrected chi connectivity index (χ4v) is 5.06. The Balaban J connectivity index is 1.63. The average Bonchev–Trinajstić information content (AvgIpc) is 3.21. The van der Waals surface area contributed by atoms with Crippen molar-refractivity contribution < 1.29 is 9.59 Å². The zero-order chi connectivity index (χ0) is 18.6. The minimum atomic E-state index is -0.178.